The van der Waals surface area contributed by atoms with E-state index in [1.165, 1.54) is 51.1 Å². The van der Waals surface area contributed by atoms with E-state index >= 15 is 0 Å². The maximum atomic E-state index is 4.28. The van der Waals surface area contributed by atoms with Crippen LogP contribution >= 0.6 is 0 Å². The number of piperazine rings is 1. The number of aliphatic imine (C=N–C) groups is 1. The Balaban J connectivity index is 1.53. The van der Waals surface area contributed by atoms with Gasteiger partial charge in [-0.25, -0.2) is 0 Å². The monoisotopic (exact) mass is 359 g/mol. The highest BCUT2D eigenvalue weighted by Gasteiger charge is 2.16. The topological polar surface area (TPSA) is 42.9 Å². The van der Waals surface area contributed by atoms with Gasteiger partial charge in [-0.05, 0) is 38.3 Å². The van der Waals surface area contributed by atoms with E-state index in [4.69, 9.17) is 0 Å². The predicted molar refractivity (Wildman–Crippen MR) is 112 cm³/mol. The van der Waals surface area contributed by atoms with Gasteiger partial charge < -0.3 is 15.5 Å². The summed E-state index contributed by atoms with van der Waals surface area (Å²) in [7, 11) is 1.84. The van der Waals surface area contributed by atoms with Crippen LogP contribution in [0.15, 0.2) is 35.3 Å². The summed E-state index contributed by atoms with van der Waals surface area (Å²) in [5.74, 6) is 0.925. The highest BCUT2D eigenvalue weighted by molar-refractivity contribution is 5.79. The molecule has 1 saturated heterocycles. The van der Waals surface area contributed by atoms with E-state index in [0.29, 0.717) is 6.04 Å². The molecule has 26 heavy (non-hydrogen) atoms. The van der Waals surface area contributed by atoms with Crippen LogP contribution in [0.2, 0.25) is 0 Å². The van der Waals surface area contributed by atoms with E-state index in [-0.39, 0.29) is 0 Å². The zero-order chi connectivity index (χ0) is 18.6. The molecule has 0 amide bonds. The molecule has 0 spiro atoms. The summed E-state index contributed by atoms with van der Waals surface area (Å²) in [6.07, 6.45) is 3.54. The van der Waals surface area contributed by atoms with Crippen LogP contribution in [-0.4, -0.2) is 68.1 Å². The quantitative estimate of drug-likeness (QED) is 0.404. The van der Waals surface area contributed by atoms with Gasteiger partial charge in [0.05, 0.1) is 0 Å². The zero-order valence-corrected chi connectivity index (χ0v) is 16.9. The first kappa shape index (κ1) is 20.7. The van der Waals surface area contributed by atoms with Crippen LogP contribution in [0.3, 0.4) is 0 Å². The molecular weight excluding hydrogens is 322 g/mol. The van der Waals surface area contributed by atoms with Gasteiger partial charge in [0.2, 0.25) is 0 Å². The molecule has 0 bridgehead atoms. The minimum atomic E-state index is 0.466. The SMILES string of the molecule is CCC(C)NC(=NC)NCCCCN1CCN(Cc2ccccc2)CC1. The summed E-state index contributed by atoms with van der Waals surface area (Å²) in [5, 5.41) is 6.82. The number of guanidine groups is 1. The maximum absolute atomic E-state index is 4.28. The molecule has 1 aliphatic heterocycles. The Hall–Kier alpha value is -1.59. The third kappa shape index (κ3) is 7.75. The number of nitrogens with zero attached hydrogens (tertiary/aromatic N) is 3. The fourth-order valence-electron chi connectivity index (χ4n) is 3.21. The van der Waals surface area contributed by atoms with Gasteiger partial charge in [0.25, 0.3) is 0 Å². The Morgan fingerprint density at radius 1 is 1.08 bits per heavy atom. The number of rotatable bonds is 9. The van der Waals surface area contributed by atoms with Gasteiger partial charge in [-0.2, -0.15) is 0 Å². The van der Waals surface area contributed by atoms with Crippen molar-refractivity contribution in [3.05, 3.63) is 35.9 Å². The van der Waals surface area contributed by atoms with E-state index in [9.17, 15) is 0 Å². The third-order valence-corrected chi connectivity index (χ3v) is 5.13. The van der Waals surface area contributed by atoms with Gasteiger partial charge in [-0.1, -0.05) is 37.3 Å². The van der Waals surface area contributed by atoms with E-state index in [1.54, 1.807) is 0 Å². The van der Waals surface area contributed by atoms with Crippen LogP contribution < -0.4 is 10.6 Å². The lowest BCUT2D eigenvalue weighted by Gasteiger charge is -2.34. The first-order chi connectivity index (χ1) is 12.7. The van der Waals surface area contributed by atoms with Crippen molar-refractivity contribution in [3.8, 4) is 0 Å². The van der Waals surface area contributed by atoms with Crippen LogP contribution in [0.4, 0.5) is 0 Å². The fourth-order valence-corrected chi connectivity index (χ4v) is 3.21. The van der Waals surface area contributed by atoms with Gasteiger partial charge in [0.1, 0.15) is 0 Å². The molecule has 5 heteroatoms. The molecule has 0 aliphatic carbocycles. The Morgan fingerprint density at radius 2 is 1.77 bits per heavy atom. The third-order valence-electron chi connectivity index (χ3n) is 5.13. The predicted octanol–water partition coefficient (Wildman–Crippen LogP) is 2.55. The smallest absolute Gasteiger partial charge is 0.191 e. The molecule has 2 N–H and O–H groups in total. The molecule has 2 rings (SSSR count). The molecular formula is C21H37N5. The number of hydrogen-bond acceptors (Lipinski definition) is 3. The lowest BCUT2D eigenvalue weighted by molar-refractivity contribution is 0.126. The molecule has 1 atom stereocenters. The van der Waals surface area contributed by atoms with E-state index in [0.717, 1.165) is 25.5 Å². The van der Waals surface area contributed by atoms with Crippen molar-refractivity contribution in [2.45, 2.75) is 45.7 Å². The molecule has 5 nitrogen and oxygen atoms in total. The summed E-state index contributed by atoms with van der Waals surface area (Å²) >= 11 is 0. The van der Waals surface area contributed by atoms with Crippen LogP contribution in [0, 0.1) is 0 Å². The van der Waals surface area contributed by atoms with Gasteiger partial charge in [-0.15, -0.1) is 0 Å². The number of benzene rings is 1. The average Bonchev–Trinajstić information content (AvgIpc) is 2.68. The van der Waals surface area contributed by atoms with Crippen molar-refractivity contribution in [1.29, 1.82) is 0 Å². The zero-order valence-electron chi connectivity index (χ0n) is 16.9. The molecule has 1 unspecified atom stereocenters. The van der Waals surface area contributed by atoms with Gasteiger partial charge in [0, 0.05) is 52.4 Å². The molecule has 0 saturated carbocycles. The van der Waals surface area contributed by atoms with Gasteiger partial charge >= 0.3 is 0 Å². The second kappa shape index (κ2) is 11.9. The Bertz CT molecular complexity index is 508. The Morgan fingerprint density at radius 3 is 2.42 bits per heavy atom. The standard InChI is InChI=1S/C21H37N5/c1-4-19(2)24-21(22-3)23-12-8-9-13-25-14-16-26(17-15-25)18-20-10-6-5-7-11-20/h5-7,10-11,19H,4,8-9,12-18H2,1-3H3,(H2,22,23,24). The Labute approximate surface area is 159 Å². The molecule has 0 radical (unpaired) electrons. The maximum Gasteiger partial charge on any atom is 0.191 e. The van der Waals surface area contributed by atoms with E-state index in [2.05, 4.69) is 69.6 Å². The molecule has 1 heterocycles. The molecule has 146 valence electrons. The Kier molecular flexibility index (Phi) is 9.50. The molecule has 1 aliphatic rings. The van der Waals surface area contributed by atoms with Crippen molar-refractivity contribution in [1.82, 2.24) is 20.4 Å². The number of unbranched alkanes of at least 4 members (excludes halogenated alkanes) is 1. The lowest BCUT2D eigenvalue weighted by atomic mass is 10.2. The summed E-state index contributed by atoms with van der Waals surface area (Å²) in [5.41, 5.74) is 1.42. The highest BCUT2D eigenvalue weighted by atomic mass is 15.3. The van der Waals surface area contributed by atoms with Crippen molar-refractivity contribution < 1.29 is 0 Å². The van der Waals surface area contributed by atoms with Gasteiger partial charge in [-0.3, -0.25) is 9.89 Å². The molecule has 0 aromatic heterocycles. The van der Waals surface area contributed by atoms with Crippen molar-refractivity contribution >= 4 is 5.96 Å². The highest BCUT2D eigenvalue weighted by Crippen LogP contribution is 2.09. The van der Waals surface area contributed by atoms with Crippen molar-refractivity contribution in [2.75, 3.05) is 46.3 Å². The second-order valence-corrected chi connectivity index (χ2v) is 7.26. The lowest BCUT2D eigenvalue weighted by Crippen LogP contribution is -2.46. The minimum absolute atomic E-state index is 0.466. The van der Waals surface area contributed by atoms with Crippen molar-refractivity contribution in [2.24, 2.45) is 4.99 Å². The van der Waals surface area contributed by atoms with Crippen LogP contribution in [-0.2, 0) is 6.54 Å². The summed E-state index contributed by atoms with van der Waals surface area (Å²) < 4.78 is 0. The summed E-state index contributed by atoms with van der Waals surface area (Å²) in [6, 6.07) is 11.3. The number of hydrogen-bond donors (Lipinski definition) is 2. The van der Waals surface area contributed by atoms with Crippen LogP contribution in [0.1, 0.15) is 38.7 Å². The first-order valence-corrected chi connectivity index (χ1v) is 10.2. The van der Waals surface area contributed by atoms with E-state index < -0.39 is 0 Å². The van der Waals surface area contributed by atoms with Crippen LogP contribution in [0.25, 0.3) is 0 Å². The molecule has 1 fully saturated rings. The van der Waals surface area contributed by atoms with Crippen LogP contribution in [0.5, 0.6) is 0 Å². The average molecular weight is 360 g/mol. The van der Waals surface area contributed by atoms with Crippen molar-refractivity contribution in [3.63, 3.8) is 0 Å². The minimum Gasteiger partial charge on any atom is -0.356 e. The molecule has 1 aromatic rings. The number of nitrogens with one attached hydrogen (secondary N) is 2. The summed E-state index contributed by atoms with van der Waals surface area (Å²) in [4.78, 5) is 9.46. The first-order valence-electron chi connectivity index (χ1n) is 10.2. The van der Waals surface area contributed by atoms with Gasteiger partial charge in [0.15, 0.2) is 5.96 Å². The largest absolute Gasteiger partial charge is 0.356 e. The molecule has 1 aromatic carbocycles. The fraction of sp³-hybridized carbons (Fsp3) is 0.667. The van der Waals surface area contributed by atoms with E-state index in [1.807, 2.05) is 7.05 Å². The summed E-state index contributed by atoms with van der Waals surface area (Å²) in [6.45, 7) is 12.4. The second-order valence-electron chi connectivity index (χ2n) is 7.26. The normalized spacial score (nSPS) is 17.9.